The van der Waals surface area contributed by atoms with E-state index in [1.54, 1.807) is 31.0 Å². The number of benzene rings is 2. The number of hydrogen-bond donors (Lipinski definition) is 1. The second-order valence-corrected chi connectivity index (χ2v) is 8.11. The molecular formula is C23H25N3O5. The molecule has 0 unspecified atom stereocenters. The van der Waals surface area contributed by atoms with Gasteiger partial charge in [0.2, 0.25) is 12.7 Å². The van der Waals surface area contributed by atoms with E-state index in [0.29, 0.717) is 11.5 Å². The van der Waals surface area contributed by atoms with Crippen molar-refractivity contribution in [3.63, 3.8) is 0 Å². The molecule has 0 aromatic heterocycles. The Kier molecular flexibility index (Phi) is 5.31. The summed E-state index contributed by atoms with van der Waals surface area (Å²) < 4.78 is 10.7. The number of urea groups is 1. The van der Waals surface area contributed by atoms with Crippen molar-refractivity contribution in [2.75, 3.05) is 20.4 Å². The zero-order valence-electron chi connectivity index (χ0n) is 17.8. The topological polar surface area (TPSA) is 88.2 Å². The lowest BCUT2D eigenvalue weighted by atomic mass is 9.92. The van der Waals surface area contributed by atoms with E-state index in [9.17, 15) is 14.4 Å². The Balaban J connectivity index is 1.44. The second kappa shape index (κ2) is 7.94. The standard InChI is InChI=1S/C23H25N3O5/c1-15(17-7-5-4-6-8-17)25(3)20(27)13-26-21(28)23(2,24-22(26)29)12-16-9-10-18-19(11-16)31-14-30-18/h4-11,15H,12-14H2,1-3H3,(H,24,29)/t15-,23+/m1/s1. The summed E-state index contributed by atoms with van der Waals surface area (Å²) in [6.07, 6.45) is 0.273. The average molecular weight is 423 g/mol. The Morgan fingerprint density at radius 3 is 2.61 bits per heavy atom. The van der Waals surface area contributed by atoms with E-state index in [4.69, 9.17) is 9.47 Å². The first-order chi connectivity index (χ1) is 14.8. The number of nitrogens with zero attached hydrogens (tertiary/aromatic N) is 2. The molecule has 2 aliphatic rings. The molecule has 0 bridgehead atoms. The van der Waals surface area contributed by atoms with Crippen LogP contribution < -0.4 is 14.8 Å². The molecule has 1 fully saturated rings. The predicted octanol–water partition coefficient (Wildman–Crippen LogP) is 2.49. The van der Waals surface area contributed by atoms with E-state index in [1.165, 1.54) is 0 Å². The quantitative estimate of drug-likeness (QED) is 0.722. The number of hydrogen-bond acceptors (Lipinski definition) is 5. The van der Waals surface area contributed by atoms with E-state index in [0.717, 1.165) is 16.0 Å². The number of likely N-dealkylation sites (N-methyl/N-ethyl adjacent to an activating group) is 1. The SMILES string of the molecule is C[C@H](c1ccccc1)N(C)C(=O)CN1C(=O)N[C@@](C)(Cc2ccc3c(c2)OCO3)C1=O. The van der Waals surface area contributed by atoms with Gasteiger partial charge in [0.25, 0.3) is 5.91 Å². The van der Waals surface area contributed by atoms with Gasteiger partial charge in [-0.2, -0.15) is 0 Å². The Labute approximate surface area is 180 Å². The molecule has 162 valence electrons. The molecule has 0 radical (unpaired) electrons. The molecule has 0 aliphatic carbocycles. The molecule has 0 spiro atoms. The van der Waals surface area contributed by atoms with Gasteiger partial charge >= 0.3 is 6.03 Å². The summed E-state index contributed by atoms with van der Waals surface area (Å²) in [6.45, 7) is 3.42. The highest BCUT2D eigenvalue weighted by Crippen LogP contribution is 2.34. The van der Waals surface area contributed by atoms with Crippen LogP contribution in [0.15, 0.2) is 48.5 Å². The molecule has 31 heavy (non-hydrogen) atoms. The summed E-state index contributed by atoms with van der Waals surface area (Å²) in [4.78, 5) is 41.0. The van der Waals surface area contributed by atoms with E-state index >= 15 is 0 Å². The van der Waals surface area contributed by atoms with Gasteiger partial charge in [0, 0.05) is 13.5 Å². The van der Waals surface area contributed by atoms with Crippen LogP contribution in [-0.2, 0) is 16.0 Å². The fraction of sp³-hybridized carbons (Fsp3) is 0.348. The highest BCUT2D eigenvalue weighted by molar-refractivity contribution is 6.09. The van der Waals surface area contributed by atoms with Gasteiger partial charge in [-0.15, -0.1) is 0 Å². The molecule has 1 saturated heterocycles. The molecular weight excluding hydrogens is 398 g/mol. The molecule has 0 saturated carbocycles. The number of imide groups is 1. The van der Waals surface area contributed by atoms with Gasteiger partial charge < -0.3 is 19.7 Å². The van der Waals surface area contributed by atoms with Gasteiger partial charge in [-0.05, 0) is 37.1 Å². The molecule has 8 nitrogen and oxygen atoms in total. The number of fused-ring (bicyclic) bond motifs is 1. The van der Waals surface area contributed by atoms with Crippen molar-refractivity contribution >= 4 is 17.8 Å². The predicted molar refractivity (Wildman–Crippen MR) is 113 cm³/mol. The minimum absolute atomic E-state index is 0.163. The van der Waals surface area contributed by atoms with Crippen molar-refractivity contribution < 1.29 is 23.9 Å². The molecule has 2 aliphatic heterocycles. The van der Waals surface area contributed by atoms with Crippen LogP contribution >= 0.6 is 0 Å². The summed E-state index contributed by atoms with van der Waals surface area (Å²) >= 11 is 0. The Hall–Kier alpha value is -3.55. The summed E-state index contributed by atoms with van der Waals surface area (Å²) in [7, 11) is 1.67. The number of rotatable bonds is 6. The maximum atomic E-state index is 13.1. The minimum Gasteiger partial charge on any atom is -0.454 e. The van der Waals surface area contributed by atoms with Crippen molar-refractivity contribution in [3.8, 4) is 11.5 Å². The summed E-state index contributed by atoms with van der Waals surface area (Å²) in [6, 6.07) is 14.3. The normalized spacial score (nSPS) is 20.5. The Morgan fingerprint density at radius 2 is 1.87 bits per heavy atom. The fourth-order valence-electron chi connectivity index (χ4n) is 3.89. The van der Waals surface area contributed by atoms with E-state index in [2.05, 4.69) is 5.32 Å². The van der Waals surface area contributed by atoms with E-state index < -0.39 is 17.5 Å². The maximum Gasteiger partial charge on any atom is 0.325 e. The first-order valence-electron chi connectivity index (χ1n) is 10.1. The van der Waals surface area contributed by atoms with E-state index in [1.807, 2.05) is 43.3 Å². The van der Waals surface area contributed by atoms with Gasteiger partial charge in [0.1, 0.15) is 12.1 Å². The molecule has 8 heteroatoms. The second-order valence-electron chi connectivity index (χ2n) is 8.11. The Bertz CT molecular complexity index is 1030. The molecule has 4 rings (SSSR count). The van der Waals surface area contributed by atoms with Crippen LogP contribution in [-0.4, -0.2) is 53.6 Å². The zero-order valence-corrected chi connectivity index (χ0v) is 17.8. The Morgan fingerprint density at radius 1 is 1.16 bits per heavy atom. The highest BCUT2D eigenvalue weighted by atomic mass is 16.7. The molecule has 2 heterocycles. The average Bonchev–Trinajstić information content (AvgIpc) is 3.31. The van der Waals surface area contributed by atoms with Crippen LogP contribution in [0.2, 0.25) is 0 Å². The highest BCUT2D eigenvalue weighted by Gasteiger charge is 2.48. The van der Waals surface area contributed by atoms with Gasteiger partial charge in [-0.25, -0.2) is 4.79 Å². The van der Waals surface area contributed by atoms with Crippen LogP contribution in [0.4, 0.5) is 4.79 Å². The minimum atomic E-state index is -1.14. The third kappa shape index (κ3) is 3.93. The summed E-state index contributed by atoms with van der Waals surface area (Å²) in [5.74, 6) is 0.524. The zero-order chi connectivity index (χ0) is 22.2. The largest absolute Gasteiger partial charge is 0.454 e. The van der Waals surface area contributed by atoms with Crippen molar-refractivity contribution in [2.24, 2.45) is 0 Å². The maximum absolute atomic E-state index is 13.1. The van der Waals surface area contributed by atoms with Gasteiger partial charge in [0.15, 0.2) is 11.5 Å². The molecule has 2 aromatic rings. The van der Waals surface area contributed by atoms with Crippen molar-refractivity contribution in [1.29, 1.82) is 0 Å². The smallest absolute Gasteiger partial charge is 0.325 e. The molecule has 1 N–H and O–H groups in total. The molecule has 2 atom stereocenters. The lowest BCUT2D eigenvalue weighted by Gasteiger charge is -2.27. The van der Waals surface area contributed by atoms with Crippen LogP contribution in [0, 0.1) is 0 Å². The van der Waals surface area contributed by atoms with Gasteiger partial charge in [-0.3, -0.25) is 14.5 Å². The molecule has 4 amide bonds. The monoisotopic (exact) mass is 423 g/mol. The number of carbonyl (C=O) groups excluding carboxylic acids is 3. The van der Waals surface area contributed by atoms with Crippen LogP contribution in [0.25, 0.3) is 0 Å². The van der Waals surface area contributed by atoms with Crippen LogP contribution in [0.3, 0.4) is 0 Å². The first-order valence-corrected chi connectivity index (χ1v) is 10.1. The van der Waals surface area contributed by atoms with Crippen molar-refractivity contribution in [3.05, 3.63) is 59.7 Å². The van der Waals surface area contributed by atoms with Gasteiger partial charge in [0.05, 0.1) is 6.04 Å². The fourth-order valence-corrected chi connectivity index (χ4v) is 3.89. The third-order valence-electron chi connectivity index (χ3n) is 5.89. The number of amides is 4. The lowest BCUT2D eigenvalue weighted by Crippen LogP contribution is -2.47. The van der Waals surface area contributed by atoms with Gasteiger partial charge in [-0.1, -0.05) is 36.4 Å². The number of nitrogens with one attached hydrogen (secondary N) is 1. The number of carbonyl (C=O) groups is 3. The van der Waals surface area contributed by atoms with E-state index in [-0.39, 0.29) is 31.7 Å². The van der Waals surface area contributed by atoms with Crippen LogP contribution in [0.1, 0.15) is 31.0 Å². The third-order valence-corrected chi connectivity index (χ3v) is 5.89. The lowest BCUT2D eigenvalue weighted by molar-refractivity contribution is -0.139. The van der Waals surface area contributed by atoms with Crippen LogP contribution in [0.5, 0.6) is 11.5 Å². The van der Waals surface area contributed by atoms with Crippen molar-refractivity contribution in [1.82, 2.24) is 15.1 Å². The molecule has 2 aromatic carbocycles. The summed E-state index contributed by atoms with van der Waals surface area (Å²) in [5, 5.41) is 2.75. The number of ether oxygens (including phenoxy) is 2. The first kappa shape index (κ1) is 20.7. The van der Waals surface area contributed by atoms with Crippen molar-refractivity contribution in [2.45, 2.75) is 31.8 Å². The summed E-state index contributed by atoms with van der Waals surface area (Å²) in [5.41, 5.74) is 0.654.